The van der Waals surface area contributed by atoms with Crippen LogP contribution in [0.3, 0.4) is 0 Å². The molecule has 24 atom stereocenters. The molecule has 0 aromatic carbocycles. The minimum atomic E-state index is -2.10. The maximum atomic E-state index is 11.7. The molecule has 1 aromatic heterocycles. The van der Waals surface area contributed by atoms with Crippen molar-refractivity contribution in [2.75, 3.05) is 31.7 Å². The van der Waals surface area contributed by atoms with Crippen molar-refractivity contribution in [1.82, 2.24) is 4.98 Å². The SMILES string of the molecule is C[C@@H]1O[C@@H](O[C@H]2[C@H](O[C@@H]([C@H](O[C@@H]3O[C@@H](C)[C@@H](O)[C@@H](O)[C@@H]3O)[C@@H](O)CNc3ccccn3)[C@H](O)CO)O[C@H](CO)[C@H](O)[C@@H]2O[C@H]2O[C@H](CO)[C@H](O)[C@H](O)[C@H]2O)[C@@H](O)[C@H](O)[C@@H]1O. The molecule has 4 aliphatic rings. The van der Waals surface area contributed by atoms with Gasteiger partial charge in [0.05, 0.1) is 32.0 Å². The Hall–Kier alpha value is -1.97. The summed E-state index contributed by atoms with van der Waals surface area (Å²) < 4.78 is 46.6. The molecule has 16 N–H and O–H groups in total. The number of aliphatic hydroxyl groups is 15. The zero-order valence-corrected chi connectivity index (χ0v) is 32.4. The van der Waals surface area contributed by atoms with E-state index in [2.05, 4.69) is 10.3 Å². The molecule has 0 spiro atoms. The molecule has 0 aliphatic carbocycles. The fourth-order valence-electron chi connectivity index (χ4n) is 7.17. The van der Waals surface area contributed by atoms with E-state index in [1.165, 1.54) is 20.0 Å². The number of anilines is 1. The van der Waals surface area contributed by atoms with Crippen molar-refractivity contribution in [3.63, 3.8) is 0 Å². The van der Waals surface area contributed by atoms with Crippen molar-refractivity contribution in [2.45, 2.75) is 161 Å². The predicted molar refractivity (Wildman–Crippen MR) is 192 cm³/mol. The number of pyridine rings is 1. The van der Waals surface area contributed by atoms with Crippen LogP contribution in [-0.4, -0.2) is 255 Å². The molecular weight excluding hydrogens is 816 g/mol. The first kappa shape index (κ1) is 49.1. The van der Waals surface area contributed by atoms with Crippen molar-refractivity contribution >= 4 is 5.82 Å². The fraction of sp³-hybridized carbons (Fsp3) is 0.857. The topological polar surface area (TPSA) is 402 Å². The van der Waals surface area contributed by atoms with Gasteiger partial charge in [-0.2, -0.15) is 0 Å². The minimum absolute atomic E-state index is 0.251. The number of aromatic nitrogens is 1. The van der Waals surface area contributed by atoms with E-state index in [0.29, 0.717) is 0 Å². The second kappa shape index (κ2) is 21.6. The van der Waals surface area contributed by atoms with Crippen molar-refractivity contribution < 1.29 is 114 Å². The molecular formula is C35H58N2O23. The van der Waals surface area contributed by atoms with Gasteiger partial charge in [-0.25, -0.2) is 4.98 Å². The molecule has 0 bridgehead atoms. The lowest BCUT2D eigenvalue weighted by Gasteiger charge is -2.50. The zero-order valence-electron chi connectivity index (χ0n) is 32.4. The summed E-state index contributed by atoms with van der Waals surface area (Å²) in [7, 11) is 0. The van der Waals surface area contributed by atoms with Crippen LogP contribution in [0.5, 0.6) is 0 Å². The normalized spacial score (nSPS) is 44.8. The van der Waals surface area contributed by atoms with Crippen LogP contribution in [0, 0.1) is 0 Å². The van der Waals surface area contributed by atoms with Gasteiger partial charge in [-0.1, -0.05) is 6.07 Å². The fourth-order valence-corrected chi connectivity index (χ4v) is 7.17. The Bertz CT molecular complexity index is 1430. The highest BCUT2D eigenvalue weighted by molar-refractivity contribution is 5.33. The van der Waals surface area contributed by atoms with Gasteiger partial charge < -0.3 is 120 Å². The van der Waals surface area contributed by atoms with E-state index >= 15 is 0 Å². The highest BCUT2D eigenvalue weighted by atomic mass is 16.8. The molecule has 25 heteroatoms. The lowest BCUT2D eigenvalue weighted by Crippen LogP contribution is -2.68. The van der Waals surface area contributed by atoms with Crippen LogP contribution in [-0.2, 0) is 37.9 Å². The molecule has 5 rings (SSSR count). The molecule has 4 saturated heterocycles. The molecule has 60 heavy (non-hydrogen) atoms. The van der Waals surface area contributed by atoms with Crippen molar-refractivity contribution in [3.8, 4) is 0 Å². The van der Waals surface area contributed by atoms with Gasteiger partial charge >= 0.3 is 0 Å². The summed E-state index contributed by atoms with van der Waals surface area (Å²) in [5, 5.41) is 163. The van der Waals surface area contributed by atoms with Crippen LogP contribution in [0.4, 0.5) is 5.82 Å². The average Bonchev–Trinajstić information content (AvgIpc) is 3.24. The lowest BCUT2D eigenvalue weighted by molar-refractivity contribution is -0.401. The monoisotopic (exact) mass is 874 g/mol. The average molecular weight is 875 g/mol. The molecule has 4 fully saturated rings. The van der Waals surface area contributed by atoms with Gasteiger partial charge in [0, 0.05) is 12.7 Å². The molecule has 4 aliphatic heterocycles. The van der Waals surface area contributed by atoms with Crippen molar-refractivity contribution in [1.29, 1.82) is 0 Å². The standard InChI is InChI=1S/C35H58N2O23/c1-11-18(43)22(47)25(50)32(53-11)57-28(13(41)7-37-17-5-3-4-6-36-17)29(14(42)8-38)58-35-31(60-33-26(51)23(48)19(44)12(2)54-33)30(21(46)16(10-40)56-35)59-34-27(52)24(49)20(45)15(9-39)55-34/h3-6,11-16,18-35,38-52H,7-10H2,1-2H3,(H,36,37)/t11-,12-,13-,14+,15+,16+,18+,19+,20-,21-,22+,23+,24-,25-,26-,27+,28+,29+,30-,31+,32-,33-,34+,35-/m0/s1. The highest BCUT2D eigenvalue weighted by Crippen LogP contribution is 2.36. The maximum Gasteiger partial charge on any atom is 0.187 e. The first-order valence-electron chi connectivity index (χ1n) is 19.3. The quantitative estimate of drug-likeness (QED) is 0.0691. The summed E-state index contributed by atoms with van der Waals surface area (Å²) in [5.74, 6) is 0.251. The summed E-state index contributed by atoms with van der Waals surface area (Å²) in [4.78, 5) is 4.10. The Labute approximate surface area is 342 Å². The molecule has 0 saturated carbocycles. The smallest absolute Gasteiger partial charge is 0.187 e. The molecule has 1 aromatic rings. The summed E-state index contributed by atoms with van der Waals surface area (Å²) >= 11 is 0. The van der Waals surface area contributed by atoms with E-state index in [1.807, 2.05) is 0 Å². The minimum Gasteiger partial charge on any atom is -0.394 e. The summed E-state index contributed by atoms with van der Waals surface area (Å²) in [6.45, 7) is -0.813. The third-order valence-electron chi connectivity index (χ3n) is 10.9. The Balaban J connectivity index is 1.55. The number of hydrogen-bond acceptors (Lipinski definition) is 25. The first-order valence-corrected chi connectivity index (χ1v) is 19.3. The zero-order chi connectivity index (χ0) is 44.2. The number of nitrogens with one attached hydrogen (secondary N) is 1. The van der Waals surface area contributed by atoms with E-state index in [0.717, 1.165) is 0 Å². The van der Waals surface area contributed by atoms with Crippen LogP contribution in [0.2, 0.25) is 0 Å². The molecule has 0 unspecified atom stereocenters. The van der Waals surface area contributed by atoms with Gasteiger partial charge in [-0.15, -0.1) is 0 Å². The van der Waals surface area contributed by atoms with Gasteiger partial charge in [0.25, 0.3) is 0 Å². The number of ether oxygens (including phenoxy) is 8. The second-order valence-electron chi connectivity index (χ2n) is 15.1. The van der Waals surface area contributed by atoms with Gasteiger partial charge in [0.1, 0.15) is 116 Å². The van der Waals surface area contributed by atoms with Crippen LogP contribution < -0.4 is 5.32 Å². The van der Waals surface area contributed by atoms with Crippen molar-refractivity contribution in [3.05, 3.63) is 24.4 Å². The van der Waals surface area contributed by atoms with Gasteiger partial charge in [0.15, 0.2) is 25.2 Å². The highest BCUT2D eigenvalue weighted by Gasteiger charge is 2.56. The Morgan fingerprint density at radius 3 is 1.62 bits per heavy atom. The van der Waals surface area contributed by atoms with Crippen LogP contribution >= 0.6 is 0 Å². The number of aliphatic hydroxyl groups excluding tert-OH is 15. The Kier molecular flexibility index (Phi) is 17.7. The van der Waals surface area contributed by atoms with Gasteiger partial charge in [-0.05, 0) is 26.0 Å². The number of hydrogen-bond donors (Lipinski definition) is 16. The molecule has 0 amide bonds. The molecule has 346 valence electrons. The summed E-state index contributed by atoms with van der Waals surface area (Å²) in [6.07, 6.45) is -42.7. The molecule has 5 heterocycles. The summed E-state index contributed by atoms with van der Waals surface area (Å²) in [6, 6.07) is 4.78. The number of rotatable bonds is 17. The first-order chi connectivity index (χ1) is 28.4. The Morgan fingerprint density at radius 2 is 1.05 bits per heavy atom. The maximum absolute atomic E-state index is 11.7. The van der Waals surface area contributed by atoms with E-state index in [-0.39, 0.29) is 5.82 Å². The lowest BCUT2D eigenvalue weighted by atomic mass is 9.95. The van der Waals surface area contributed by atoms with Crippen molar-refractivity contribution in [2.24, 2.45) is 0 Å². The third kappa shape index (κ3) is 10.9. The number of nitrogens with zero attached hydrogens (tertiary/aromatic N) is 1. The van der Waals surface area contributed by atoms with Gasteiger partial charge in [-0.3, -0.25) is 0 Å². The van der Waals surface area contributed by atoms with Crippen LogP contribution in [0.1, 0.15) is 13.8 Å². The van der Waals surface area contributed by atoms with E-state index in [4.69, 9.17) is 37.9 Å². The van der Waals surface area contributed by atoms with Crippen LogP contribution in [0.25, 0.3) is 0 Å². The molecule has 0 radical (unpaired) electrons. The van der Waals surface area contributed by atoms with E-state index in [9.17, 15) is 76.6 Å². The molecule has 25 nitrogen and oxygen atoms in total. The second-order valence-corrected chi connectivity index (χ2v) is 15.1. The largest absolute Gasteiger partial charge is 0.394 e. The Morgan fingerprint density at radius 1 is 0.567 bits per heavy atom. The van der Waals surface area contributed by atoms with E-state index in [1.54, 1.807) is 18.2 Å². The van der Waals surface area contributed by atoms with Gasteiger partial charge in [0.2, 0.25) is 0 Å². The van der Waals surface area contributed by atoms with Crippen LogP contribution in [0.15, 0.2) is 24.4 Å². The predicted octanol–water partition coefficient (Wildman–Crippen LogP) is -8.72. The third-order valence-corrected chi connectivity index (χ3v) is 10.9. The summed E-state index contributed by atoms with van der Waals surface area (Å²) in [5.41, 5.74) is 0. The van der Waals surface area contributed by atoms with E-state index < -0.39 is 174 Å².